The third-order valence-corrected chi connectivity index (χ3v) is 4.73. The van der Waals surface area contributed by atoms with Crippen LogP contribution in [0.4, 0.5) is 11.5 Å². The first kappa shape index (κ1) is 19.0. The average Bonchev–Trinajstić information content (AvgIpc) is 2.52. The molecular weight excluding hydrogens is 342 g/mol. The van der Waals surface area contributed by atoms with Gasteiger partial charge in [0.25, 0.3) is 0 Å². The van der Waals surface area contributed by atoms with Gasteiger partial charge >= 0.3 is 0 Å². The van der Waals surface area contributed by atoms with Gasteiger partial charge < -0.3 is 10.2 Å². The fraction of sp³-hybridized carbons (Fsp3) is 0.400. The second-order valence-corrected chi connectivity index (χ2v) is 7.07. The number of benzene rings is 1. The Labute approximate surface area is 159 Å². The van der Waals surface area contributed by atoms with E-state index in [0.717, 1.165) is 30.4 Å². The molecule has 1 fully saturated rings. The lowest BCUT2D eigenvalue weighted by Gasteiger charge is -2.44. The summed E-state index contributed by atoms with van der Waals surface area (Å²) in [5.74, 6) is 1.66. The van der Waals surface area contributed by atoms with Crippen LogP contribution in [0.5, 0.6) is 0 Å². The van der Waals surface area contributed by atoms with Crippen molar-refractivity contribution in [2.24, 2.45) is 0 Å². The van der Waals surface area contributed by atoms with Gasteiger partial charge in [0.15, 0.2) is 5.78 Å². The first-order valence-electron chi connectivity index (χ1n) is 9.00. The molecular formula is C20H25N5O2. The van der Waals surface area contributed by atoms with Crippen molar-refractivity contribution >= 4 is 23.2 Å². The van der Waals surface area contributed by atoms with Gasteiger partial charge in [-0.2, -0.15) is 0 Å². The van der Waals surface area contributed by atoms with E-state index in [1.165, 1.54) is 6.92 Å². The van der Waals surface area contributed by atoms with Gasteiger partial charge in [-0.25, -0.2) is 9.97 Å². The van der Waals surface area contributed by atoms with Crippen molar-refractivity contribution in [3.8, 4) is 0 Å². The zero-order chi connectivity index (χ0) is 19.6. The van der Waals surface area contributed by atoms with Gasteiger partial charge in [-0.3, -0.25) is 14.5 Å². The molecule has 7 nitrogen and oxygen atoms in total. The predicted octanol–water partition coefficient (Wildman–Crippen LogP) is 2.06. The molecule has 0 atom stereocenters. The van der Waals surface area contributed by atoms with Crippen LogP contribution in [0.2, 0.25) is 0 Å². The van der Waals surface area contributed by atoms with Gasteiger partial charge in [0.1, 0.15) is 11.6 Å². The van der Waals surface area contributed by atoms with Crippen molar-refractivity contribution in [1.82, 2.24) is 14.9 Å². The van der Waals surface area contributed by atoms with E-state index in [9.17, 15) is 9.59 Å². The molecule has 142 valence electrons. The zero-order valence-electron chi connectivity index (χ0n) is 16.2. The highest BCUT2D eigenvalue weighted by atomic mass is 16.2. The highest BCUT2D eigenvalue weighted by Crippen LogP contribution is 2.22. The van der Waals surface area contributed by atoms with E-state index < -0.39 is 0 Å². The summed E-state index contributed by atoms with van der Waals surface area (Å²) in [5.41, 5.74) is 2.29. The summed E-state index contributed by atoms with van der Waals surface area (Å²) in [7, 11) is 1.96. The Hall–Kier alpha value is -2.80. The van der Waals surface area contributed by atoms with Crippen LogP contribution in [0.1, 0.15) is 28.8 Å². The van der Waals surface area contributed by atoms with Crippen LogP contribution in [-0.2, 0) is 4.79 Å². The lowest BCUT2D eigenvalue weighted by Crippen LogP contribution is -2.59. The van der Waals surface area contributed by atoms with Crippen LogP contribution in [0.3, 0.4) is 0 Å². The third-order valence-electron chi connectivity index (χ3n) is 4.73. The number of ketones is 1. The van der Waals surface area contributed by atoms with E-state index in [0.29, 0.717) is 23.8 Å². The monoisotopic (exact) mass is 367 g/mol. The van der Waals surface area contributed by atoms with E-state index in [1.807, 2.05) is 27.0 Å². The normalized spacial score (nSPS) is 14.2. The summed E-state index contributed by atoms with van der Waals surface area (Å²) in [6.45, 7) is 7.38. The van der Waals surface area contributed by atoms with Gasteiger partial charge in [-0.05, 0) is 52.1 Å². The maximum absolute atomic E-state index is 12.3. The molecule has 0 aliphatic carbocycles. The Morgan fingerprint density at radius 2 is 1.85 bits per heavy atom. The third kappa shape index (κ3) is 4.68. The number of anilines is 2. The molecule has 2 aromatic rings. The highest BCUT2D eigenvalue weighted by molar-refractivity contribution is 5.96. The first-order chi connectivity index (χ1) is 12.8. The molecule has 0 saturated carbocycles. The number of aromatic nitrogens is 2. The molecule has 7 heteroatoms. The van der Waals surface area contributed by atoms with Crippen LogP contribution in [0, 0.1) is 13.8 Å². The summed E-state index contributed by atoms with van der Waals surface area (Å²) in [5, 5.41) is 2.87. The molecule has 0 radical (unpaired) electrons. The smallest absolute Gasteiger partial charge is 0.238 e. The number of hydrogen-bond donors (Lipinski definition) is 1. The molecule has 1 aliphatic rings. The number of amides is 1. The number of nitrogens with zero attached hydrogens (tertiary/aromatic N) is 4. The molecule has 1 aromatic heterocycles. The van der Waals surface area contributed by atoms with Crippen molar-refractivity contribution in [2.75, 3.05) is 36.9 Å². The zero-order valence-corrected chi connectivity index (χ0v) is 16.2. The second kappa shape index (κ2) is 7.84. The second-order valence-electron chi connectivity index (χ2n) is 7.07. The van der Waals surface area contributed by atoms with Crippen molar-refractivity contribution in [3.05, 3.63) is 47.4 Å². The number of carbonyl (C=O) groups is 2. The molecule has 0 unspecified atom stereocenters. The van der Waals surface area contributed by atoms with Gasteiger partial charge in [0.05, 0.1) is 6.54 Å². The Morgan fingerprint density at radius 3 is 2.44 bits per heavy atom. The van der Waals surface area contributed by atoms with Crippen LogP contribution in [-0.4, -0.2) is 59.3 Å². The number of hydrogen-bond acceptors (Lipinski definition) is 6. The summed E-state index contributed by atoms with van der Waals surface area (Å²) < 4.78 is 0. The standard InChI is InChI=1S/C20H25N5O2/c1-13-9-19(22-15(3)21-13)25-10-18(11-25)24(4)12-20(27)23-17-7-5-16(6-8-17)14(2)26/h5-9,18H,10-12H2,1-4H3,(H,23,27). The van der Waals surface area contributed by atoms with Crippen LogP contribution < -0.4 is 10.2 Å². The summed E-state index contributed by atoms with van der Waals surface area (Å²) in [6, 6.07) is 9.24. The van der Waals surface area contributed by atoms with Gasteiger partial charge in [0, 0.05) is 42.1 Å². The van der Waals surface area contributed by atoms with Crippen LogP contribution >= 0.6 is 0 Å². The minimum atomic E-state index is -0.0692. The Morgan fingerprint density at radius 1 is 1.19 bits per heavy atom. The van der Waals surface area contributed by atoms with Crippen molar-refractivity contribution < 1.29 is 9.59 Å². The molecule has 1 aliphatic heterocycles. The molecule has 3 rings (SSSR count). The molecule has 27 heavy (non-hydrogen) atoms. The van der Waals surface area contributed by atoms with E-state index in [1.54, 1.807) is 24.3 Å². The average molecular weight is 367 g/mol. The molecule has 1 saturated heterocycles. The van der Waals surface area contributed by atoms with Crippen molar-refractivity contribution in [3.63, 3.8) is 0 Å². The Bertz CT molecular complexity index is 824. The lowest BCUT2D eigenvalue weighted by atomic mass is 10.1. The number of rotatable bonds is 6. The fourth-order valence-corrected chi connectivity index (χ4v) is 3.12. The topological polar surface area (TPSA) is 78.4 Å². The quantitative estimate of drug-likeness (QED) is 0.788. The van der Waals surface area contributed by atoms with Gasteiger partial charge in [-0.1, -0.05) is 0 Å². The van der Waals surface area contributed by atoms with Crippen LogP contribution in [0.25, 0.3) is 0 Å². The minimum Gasteiger partial charge on any atom is -0.353 e. The SMILES string of the molecule is CC(=O)c1ccc(NC(=O)CN(C)C2CN(c3cc(C)nc(C)n3)C2)cc1. The Balaban J connectivity index is 1.48. The number of aryl methyl sites for hydroxylation is 2. The Kier molecular flexibility index (Phi) is 5.51. The lowest BCUT2D eigenvalue weighted by molar-refractivity contribution is -0.117. The predicted molar refractivity (Wildman–Crippen MR) is 105 cm³/mol. The summed E-state index contributed by atoms with van der Waals surface area (Å²) >= 11 is 0. The van der Waals surface area contributed by atoms with E-state index in [2.05, 4.69) is 25.1 Å². The van der Waals surface area contributed by atoms with Crippen molar-refractivity contribution in [1.29, 1.82) is 0 Å². The summed E-state index contributed by atoms with van der Waals surface area (Å²) in [6.07, 6.45) is 0. The molecule has 2 heterocycles. The highest BCUT2D eigenvalue weighted by Gasteiger charge is 2.31. The number of Topliss-reactive ketones (excluding diaryl/α,β-unsaturated/α-hetero) is 1. The maximum atomic E-state index is 12.3. The molecule has 0 spiro atoms. The number of likely N-dealkylation sites (N-methyl/N-ethyl adjacent to an activating group) is 1. The van der Waals surface area contributed by atoms with Crippen LogP contribution in [0.15, 0.2) is 30.3 Å². The maximum Gasteiger partial charge on any atom is 0.238 e. The van der Waals surface area contributed by atoms with Crippen molar-refractivity contribution in [2.45, 2.75) is 26.8 Å². The minimum absolute atomic E-state index is 0.0104. The largest absolute Gasteiger partial charge is 0.353 e. The molecule has 1 aromatic carbocycles. The molecule has 0 bridgehead atoms. The number of carbonyl (C=O) groups excluding carboxylic acids is 2. The van der Waals surface area contributed by atoms with Gasteiger partial charge in [0.2, 0.25) is 5.91 Å². The first-order valence-corrected chi connectivity index (χ1v) is 9.00. The molecule has 1 amide bonds. The van der Waals surface area contributed by atoms with E-state index >= 15 is 0 Å². The van der Waals surface area contributed by atoms with E-state index in [4.69, 9.17) is 0 Å². The van der Waals surface area contributed by atoms with E-state index in [-0.39, 0.29) is 11.7 Å². The molecule has 1 N–H and O–H groups in total. The number of nitrogens with one attached hydrogen (secondary N) is 1. The fourth-order valence-electron chi connectivity index (χ4n) is 3.12. The summed E-state index contributed by atoms with van der Waals surface area (Å²) in [4.78, 5) is 36.6. The van der Waals surface area contributed by atoms with Gasteiger partial charge in [-0.15, -0.1) is 0 Å².